The van der Waals surface area contributed by atoms with Crippen LogP contribution in [0.1, 0.15) is 49.4 Å². The molecule has 5 heteroatoms. The van der Waals surface area contributed by atoms with E-state index in [2.05, 4.69) is 28.2 Å². The van der Waals surface area contributed by atoms with Gasteiger partial charge in [-0.1, -0.05) is 13.3 Å². The van der Waals surface area contributed by atoms with Crippen molar-refractivity contribution in [1.29, 1.82) is 0 Å². The minimum Gasteiger partial charge on any atom is -0.388 e. The molecule has 3 nitrogen and oxygen atoms in total. The highest BCUT2D eigenvalue weighted by atomic mass is 79.9. The SMILES string of the molecule is CCC1CCC(O)(CNC(=O)c2ccc(F)c(Br)c2)CC1. The third kappa shape index (κ3) is 4.27. The molecule has 1 aliphatic carbocycles. The van der Waals surface area contributed by atoms with Crippen LogP contribution in [0.2, 0.25) is 0 Å². The van der Waals surface area contributed by atoms with Crippen molar-refractivity contribution in [2.75, 3.05) is 6.54 Å². The predicted octanol–water partition coefficient (Wildman–Crippen LogP) is 3.65. The molecule has 1 aromatic carbocycles. The first-order valence-electron chi connectivity index (χ1n) is 7.39. The standard InChI is InChI=1S/C16H21BrFNO2/c1-2-11-5-7-16(21,8-6-11)10-19-15(20)12-3-4-14(18)13(17)9-12/h3-4,9,11,21H,2,5-8,10H2,1H3,(H,19,20). The van der Waals surface area contributed by atoms with Crippen LogP contribution in [0.4, 0.5) is 4.39 Å². The van der Waals surface area contributed by atoms with Crippen LogP contribution in [0, 0.1) is 11.7 Å². The van der Waals surface area contributed by atoms with E-state index < -0.39 is 11.4 Å². The van der Waals surface area contributed by atoms with Crippen molar-refractivity contribution in [3.63, 3.8) is 0 Å². The van der Waals surface area contributed by atoms with Gasteiger partial charge in [-0.15, -0.1) is 0 Å². The molecule has 0 saturated heterocycles. The van der Waals surface area contributed by atoms with Crippen molar-refractivity contribution in [2.24, 2.45) is 5.92 Å². The Morgan fingerprint density at radius 1 is 1.48 bits per heavy atom. The van der Waals surface area contributed by atoms with Crippen LogP contribution in [0.3, 0.4) is 0 Å². The van der Waals surface area contributed by atoms with E-state index in [1.165, 1.54) is 18.2 Å². The van der Waals surface area contributed by atoms with Gasteiger partial charge in [0.1, 0.15) is 5.82 Å². The van der Waals surface area contributed by atoms with E-state index in [1.54, 1.807) is 0 Å². The van der Waals surface area contributed by atoms with Crippen molar-refractivity contribution < 1.29 is 14.3 Å². The number of hydrogen-bond acceptors (Lipinski definition) is 2. The first kappa shape index (κ1) is 16.4. The second-order valence-electron chi connectivity index (χ2n) is 5.89. The molecule has 0 aromatic heterocycles. The topological polar surface area (TPSA) is 49.3 Å². The summed E-state index contributed by atoms with van der Waals surface area (Å²) in [5.74, 6) is -0.00108. The van der Waals surface area contributed by atoms with Crippen molar-refractivity contribution in [2.45, 2.75) is 44.6 Å². The van der Waals surface area contributed by atoms with E-state index in [1.807, 2.05) is 0 Å². The van der Waals surface area contributed by atoms with Crippen LogP contribution in [0.5, 0.6) is 0 Å². The zero-order valence-electron chi connectivity index (χ0n) is 12.2. The Kier molecular flexibility index (Phi) is 5.38. The van der Waals surface area contributed by atoms with Gasteiger partial charge in [-0.3, -0.25) is 4.79 Å². The summed E-state index contributed by atoms with van der Waals surface area (Å²) in [6.07, 6.45) is 4.60. The van der Waals surface area contributed by atoms with Gasteiger partial charge in [0.15, 0.2) is 0 Å². The molecule has 0 heterocycles. The monoisotopic (exact) mass is 357 g/mol. The molecule has 2 N–H and O–H groups in total. The number of carbonyl (C=O) groups is 1. The highest BCUT2D eigenvalue weighted by Crippen LogP contribution is 2.33. The maximum atomic E-state index is 13.2. The number of nitrogens with one attached hydrogen (secondary N) is 1. The second-order valence-corrected chi connectivity index (χ2v) is 6.74. The van der Waals surface area contributed by atoms with E-state index in [9.17, 15) is 14.3 Å². The summed E-state index contributed by atoms with van der Waals surface area (Å²) >= 11 is 3.06. The quantitative estimate of drug-likeness (QED) is 0.863. The molecule has 1 aromatic rings. The van der Waals surface area contributed by atoms with Gasteiger partial charge in [-0.25, -0.2) is 4.39 Å². The molecule has 116 valence electrons. The van der Waals surface area contributed by atoms with Crippen LogP contribution >= 0.6 is 15.9 Å². The maximum absolute atomic E-state index is 13.2. The molecule has 1 saturated carbocycles. The van der Waals surface area contributed by atoms with Gasteiger partial charge in [-0.05, 0) is 65.7 Å². The minimum atomic E-state index is -0.807. The number of amides is 1. The molecule has 1 fully saturated rings. The molecule has 1 amide bonds. The van der Waals surface area contributed by atoms with Crippen LogP contribution in [-0.4, -0.2) is 23.2 Å². The fourth-order valence-corrected chi connectivity index (χ4v) is 3.16. The summed E-state index contributed by atoms with van der Waals surface area (Å²) in [5, 5.41) is 13.3. The van der Waals surface area contributed by atoms with Gasteiger partial charge in [0.2, 0.25) is 0 Å². The van der Waals surface area contributed by atoms with Gasteiger partial charge in [0, 0.05) is 12.1 Å². The highest BCUT2D eigenvalue weighted by Gasteiger charge is 2.32. The molecular formula is C16H21BrFNO2. The van der Waals surface area contributed by atoms with Gasteiger partial charge in [0.05, 0.1) is 10.1 Å². The van der Waals surface area contributed by atoms with E-state index in [0.29, 0.717) is 11.5 Å². The van der Waals surface area contributed by atoms with E-state index in [4.69, 9.17) is 0 Å². The Balaban J connectivity index is 1.90. The van der Waals surface area contributed by atoms with Crippen molar-refractivity contribution in [1.82, 2.24) is 5.32 Å². The van der Waals surface area contributed by atoms with E-state index in [0.717, 1.165) is 32.1 Å². The smallest absolute Gasteiger partial charge is 0.251 e. The van der Waals surface area contributed by atoms with Crippen molar-refractivity contribution in [3.05, 3.63) is 34.1 Å². The molecule has 1 aliphatic rings. The fraction of sp³-hybridized carbons (Fsp3) is 0.562. The molecule has 0 unspecified atom stereocenters. The Hall–Kier alpha value is -0.940. The molecule has 2 rings (SSSR count). The minimum absolute atomic E-state index is 0.247. The van der Waals surface area contributed by atoms with Crippen LogP contribution in [0.25, 0.3) is 0 Å². The maximum Gasteiger partial charge on any atom is 0.251 e. The second kappa shape index (κ2) is 6.88. The normalized spacial score (nSPS) is 25.6. The summed E-state index contributed by atoms with van der Waals surface area (Å²) in [7, 11) is 0. The average Bonchev–Trinajstić information content (AvgIpc) is 2.48. The summed E-state index contributed by atoms with van der Waals surface area (Å²) < 4.78 is 13.4. The Morgan fingerprint density at radius 2 is 2.14 bits per heavy atom. The molecule has 0 spiro atoms. The lowest BCUT2D eigenvalue weighted by Crippen LogP contribution is -2.45. The van der Waals surface area contributed by atoms with Gasteiger partial charge >= 0.3 is 0 Å². The summed E-state index contributed by atoms with van der Waals surface area (Å²) in [5.41, 5.74) is -0.424. The Morgan fingerprint density at radius 3 is 2.71 bits per heavy atom. The molecule has 0 aliphatic heterocycles. The van der Waals surface area contributed by atoms with Crippen molar-refractivity contribution >= 4 is 21.8 Å². The fourth-order valence-electron chi connectivity index (χ4n) is 2.78. The summed E-state index contributed by atoms with van der Waals surface area (Å²) in [4.78, 5) is 12.0. The first-order chi connectivity index (χ1) is 9.93. The van der Waals surface area contributed by atoms with Crippen LogP contribution in [-0.2, 0) is 0 Å². The third-order valence-electron chi connectivity index (χ3n) is 4.37. The number of carbonyl (C=O) groups excluding carboxylic acids is 1. The Bertz CT molecular complexity index is 513. The molecule has 0 atom stereocenters. The van der Waals surface area contributed by atoms with Gasteiger partial charge < -0.3 is 10.4 Å². The van der Waals surface area contributed by atoms with Crippen LogP contribution in [0.15, 0.2) is 22.7 Å². The zero-order valence-corrected chi connectivity index (χ0v) is 13.7. The van der Waals surface area contributed by atoms with Crippen LogP contribution < -0.4 is 5.32 Å². The number of aliphatic hydroxyl groups is 1. The lowest BCUT2D eigenvalue weighted by atomic mass is 9.78. The van der Waals surface area contributed by atoms with Gasteiger partial charge in [-0.2, -0.15) is 0 Å². The number of rotatable bonds is 4. The van der Waals surface area contributed by atoms with E-state index in [-0.39, 0.29) is 16.9 Å². The first-order valence-corrected chi connectivity index (χ1v) is 8.18. The van der Waals surface area contributed by atoms with E-state index >= 15 is 0 Å². The lowest BCUT2D eigenvalue weighted by Gasteiger charge is -2.35. The average molecular weight is 358 g/mol. The summed E-state index contributed by atoms with van der Waals surface area (Å²) in [6.45, 7) is 2.42. The van der Waals surface area contributed by atoms with Gasteiger partial charge in [0.25, 0.3) is 5.91 Å². The lowest BCUT2D eigenvalue weighted by molar-refractivity contribution is -0.00786. The highest BCUT2D eigenvalue weighted by molar-refractivity contribution is 9.10. The van der Waals surface area contributed by atoms with Crippen molar-refractivity contribution in [3.8, 4) is 0 Å². The molecular weight excluding hydrogens is 337 g/mol. The number of benzene rings is 1. The predicted molar refractivity (Wildman–Crippen MR) is 83.6 cm³/mol. The number of halogens is 2. The third-order valence-corrected chi connectivity index (χ3v) is 4.98. The molecule has 0 radical (unpaired) electrons. The number of hydrogen-bond donors (Lipinski definition) is 2. The molecule has 0 bridgehead atoms. The summed E-state index contributed by atoms with van der Waals surface area (Å²) in [6, 6.07) is 4.14. The Labute approximate surface area is 133 Å². The largest absolute Gasteiger partial charge is 0.388 e. The molecule has 21 heavy (non-hydrogen) atoms. The zero-order chi connectivity index (χ0) is 15.5.